The van der Waals surface area contributed by atoms with Crippen molar-refractivity contribution in [1.82, 2.24) is 0 Å². The van der Waals surface area contributed by atoms with Crippen molar-refractivity contribution in [2.75, 3.05) is 0 Å². The van der Waals surface area contributed by atoms with Gasteiger partial charge in [0.15, 0.2) is 0 Å². The molecular formula is C30H50OSi2. The predicted octanol–water partition coefficient (Wildman–Crippen LogP) is 9.25. The molecule has 0 aliphatic heterocycles. The molecular weight excluding hydrogens is 433 g/mol. The molecule has 0 aliphatic rings. The van der Waals surface area contributed by atoms with E-state index in [1.807, 2.05) is 0 Å². The lowest BCUT2D eigenvalue weighted by Crippen LogP contribution is -2.57. The van der Waals surface area contributed by atoms with Crippen molar-refractivity contribution in [3.63, 3.8) is 0 Å². The van der Waals surface area contributed by atoms with E-state index in [0.717, 1.165) is 11.5 Å². The molecule has 0 saturated heterocycles. The lowest BCUT2D eigenvalue weighted by molar-refractivity contribution is 0.488. The zero-order chi connectivity index (χ0) is 25.1. The van der Waals surface area contributed by atoms with E-state index >= 15 is 0 Å². The van der Waals surface area contributed by atoms with Gasteiger partial charge in [0.25, 0.3) is 0 Å². The number of hydrogen-bond donors (Lipinski definition) is 0. The molecule has 33 heavy (non-hydrogen) atoms. The molecule has 0 radical (unpaired) electrons. The van der Waals surface area contributed by atoms with Crippen LogP contribution in [-0.4, -0.2) is 16.1 Å². The first-order chi connectivity index (χ1) is 15.4. The van der Waals surface area contributed by atoms with Gasteiger partial charge in [-0.2, -0.15) is 0 Å². The first-order valence-electron chi connectivity index (χ1n) is 13.2. The Kier molecular flexibility index (Phi) is 9.26. The molecule has 2 rings (SSSR count). The van der Waals surface area contributed by atoms with Crippen molar-refractivity contribution in [3.05, 3.63) is 48.5 Å². The summed E-state index contributed by atoms with van der Waals surface area (Å²) in [6, 6.07) is 18.0. The van der Waals surface area contributed by atoms with E-state index in [9.17, 15) is 0 Å². The van der Waals surface area contributed by atoms with Crippen LogP contribution >= 0.6 is 0 Å². The van der Waals surface area contributed by atoms with E-state index in [1.165, 1.54) is 10.4 Å². The van der Waals surface area contributed by atoms with Gasteiger partial charge in [-0.25, -0.2) is 0 Å². The summed E-state index contributed by atoms with van der Waals surface area (Å²) in [7, 11) is -3.69. The second kappa shape index (κ2) is 10.9. The van der Waals surface area contributed by atoms with E-state index in [4.69, 9.17) is 4.74 Å². The maximum Gasteiger partial charge on any atom is 0.126 e. The van der Waals surface area contributed by atoms with Gasteiger partial charge in [0.1, 0.15) is 11.5 Å². The van der Waals surface area contributed by atoms with Gasteiger partial charge in [0.2, 0.25) is 0 Å². The Morgan fingerprint density at radius 1 is 0.424 bits per heavy atom. The summed E-state index contributed by atoms with van der Waals surface area (Å²) in [6.07, 6.45) is 0. The molecule has 184 valence electrons. The molecule has 0 aliphatic carbocycles. The number of hydrogen-bond acceptors (Lipinski definition) is 1. The van der Waals surface area contributed by atoms with Crippen molar-refractivity contribution in [2.24, 2.45) is 0 Å². The summed E-state index contributed by atoms with van der Waals surface area (Å²) < 4.78 is 7.02. The van der Waals surface area contributed by atoms with Crippen LogP contribution in [0.2, 0.25) is 33.2 Å². The SMILES string of the molecule is CC(C)[Si](c1ccccc1Oc1ccccc1[Si](C(C)C)(C(C)C)C(C)C)(C(C)C)C(C)C. The Bertz CT molecular complexity index is 779. The van der Waals surface area contributed by atoms with Crippen LogP contribution in [0.5, 0.6) is 11.5 Å². The summed E-state index contributed by atoms with van der Waals surface area (Å²) in [5.41, 5.74) is 3.88. The van der Waals surface area contributed by atoms with Crippen molar-refractivity contribution >= 4 is 26.5 Å². The van der Waals surface area contributed by atoms with Gasteiger partial charge >= 0.3 is 0 Å². The summed E-state index contributed by atoms with van der Waals surface area (Å²) in [6.45, 7) is 29.2. The molecule has 0 heterocycles. The molecule has 0 saturated carbocycles. The van der Waals surface area contributed by atoms with Crippen LogP contribution in [-0.2, 0) is 0 Å². The molecule has 1 nitrogen and oxygen atoms in total. The van der Waals surface area contributed by atoms with Gasteiger partial charge in [0.05, 0.1) is 16.1 Å². The lowest BCUT2D eigenvalue weighted by atomic mass is 10.3. The third-order valence-electron chi connectivity index (χ3n) is 8.66. The first-order valence-corrected chi connectivity index (χ1v) is 17.7. The van der Waals surface area contributed by atoms with Gasteiger partial charge in [-0.1, -0.05) is 119 Å². The zero-order valence-corrected chi connectivity index (χ0v) is 25.5. The van der Waals surface area contributed by atoms with E-state index in [1.54, 1.807) is 0 Å². The van der Waals surface area contributed by atoms with Crippen molar-refractivity contribution in [2.45, 2.75) is 116 Å². The zero-order valence-electron chi connectivity index (χ0n) is 23.5. The molecule has 0 fully saturated rings. The maximum atomic E-state index is 7.02. The minimum absolute atomic E-state index is 0.646. The minimum Gasteiger partial charge on any atom is -0.458 e. The summed E-state index contributed by atoms with van der Waals surface area (Å²) in [5, 5.41) is 2.98. The second-order valence-electron chi connectivity index (χ2n) is 11.9. The predicted molar refractivity (Wildman–Crippen MR) is 154 cm³/mol. The normalized spacial score (nSPS) is 13.3. The third-order valence-corrected chi connectivity index (χ3v) is 22.8. The molecule has 0 amide bonds. The highest BCUT2D eigenvalue weighted by Gasteiger charge is 2.48. The smallest absolute Gasteiger partial charge is 0.126 e. The molecule has 0 N–H and O–H groups in total. The highest BCUT2D eigenvalue weighted by molar-refractivity contribution is 6.96. The molecule has 3 heteroatoms. The average Bonchev–Trinajstić information content (AvgIpc) is 2.69. The van der Waals surface area contributed by atoms with Gasteiger partial charge < -0.3 is 4.74 Å². The van der Waals surface area contributed by atoms with Crippen LogP contribution in [0.4, 0.5) is 0 Å². The maximum absolute atomic E-state index is 7.02. The molecule has 2 aromatic carbocycles. The number of ether oxygens (including phenoxy) is 1. The average molecular weight is 483 g/mol. The van der Waals surface area contributed by atoms with Crippen molar-refractivity contribution < 1.29 is 4.74 Å². The highest BCUT2D eigenvalue weighted by atomic mass is 28.3. The Labute approximate surface area is 207 Å². The lowest BCUT2D eigenvalue weighted by Gasteiger charge is -2.45. The standard InChI is InChI=1S/C30H50OSi2/c1-21(2)32(22(3)4,23(5)6)29-19-15-13-17-27(29)31-28-18-14-16-20-30(28)33(24(7)8,25(9)10)26(11)12/h13-26H,1-12H3. The fourth-order valence-corrected chi connectivity index (χ4v) is 21.4. The van der Waals surface area contributed by atoms with Crippen molar-refractivity contribution in [1.29, 1.82) is 0 Å². The number of para-hydroxylation sites is 2. The van der Waals surface area contributed by atoms with Crippen LogP contribution in [0, 0.1) is 0 Å². The number of benzene rings is 2. The Morgan fingerprint density at radius 2 is 0.667 bits per heavy atom. The van der Waals surface area contributed by atoms with E-state index < -0.39 is 16.1 Å². The first kappa shape index (κ1) is 27.9. The molecule has 0 bridgehead atoms. The van der Waals surface area contributed by atoms with Gasteiger partial charge in [-0.05, 0) is 55.8 Å². The minimum atomic E-state index is -1.84. The molecule has 0 aromatic heterocycles. The van der Waals surface area contributed by atoms with E-state index in [-0.39, 0.29) is 0 Å². The summed E-state index contributed by atoms with van der Waals surface area (Å²) in [5.74, 6) is 2.18. The van der Waals surface area contributed by atoms with Crippen LogP contribution in [0.1, 0.15) is 83.1 Å². The molecule has 0 unspecified atom stereocenters. The van der Waals surface area contributed by atoms with Crippen LogP contribution < -0.4 is 15.1 Å². The van der Waals surface area contributed by atoms with Crippen LogP contribution in [0.3, 0.4) is 0 Å². The van der Waals surface area contributed by atoms with E-state index in [0.29, 0.717) is 33.2 Å². The van der Waals surface area contributed by atoms with E-state index in [2.05, 4.69) is 132 Å². The third kappa shape index (κ3) is 4.78. The van der Waals surface area contributed by atoms with Gasteiger partial charge in [-0.15, -0.1) is 0 Å². The fourth-order valence-electron chi connectivity index (χ4n) is 7.81. The monoisotopic (exact) mass is 482 g/mol. The fraction of sp³-hybridized carbons (Fsp3) is 0.600. The topological polar surface area (TPSA) is 9.23 Å². The molecule has 0 atom stereocenters. The highest BCUT2D eigenvalue weighted by Crippen LogP contribution is 2.45. The Balaban J connectivity index is 2.77. The molecule has 0 spiro atoms. The summed E-state index contributed by atoms with van der Waals surface area (Å²) in [4.78, 5) is 0. The Morgan fingerprint density at radius 3 is 0.909 bits per heavy atom. The molecule has 2 aromatic rings. The van der Waals surface area contributed by atoms with Crippen LogP contribution in [0.15, 0.2) is 48.5 Å². The van der Waals surface area contributed by atoms with Crippen molar-refractivity contribution in [3.8, 4) is 11.5 Å². The van der Waals surface area contributed by atoms with Gasteiger partial charge in [-0.3, -0.25) is 0 Å². The quantitative estimate of drug-likeness (QED) is 0.306. The largest absolute Gasteiger partial charge is 0.458 e. The summed E-state index contributed by atoms with van der Waals surface area (Å²) >= 11 is 0. The number of rotatable bonds is 10. The van der Waals surface area contributed by atoms with Gasteiger partial charge in [0, 0.05) is 0 Å². The Hall–Kier alpha value is -1.33. The van der Waals surface area contributed by atoms with Crippen LogP contribution in [0.25, 0.3) is 0 Å². The second-order valence-corrected chi connectivity index (χ2v) is 23.6.